The van der Waals surface area contributed by atoms with Crippen molar-refractivity contribution in [2.75, 3.05) is 13.2 Å². The summed E-state index contributed by atoms with van der Waals surface area (Å²) in [4.78, 5) is 24.6. The summed E-state index contributed by atoms with van der Waals surface area (Å²) in [5.41, 5.74) is 0. The van der Waals surface area contributed by atoms with E-state index in [1.165, 1.54) is 289 Å². The second-order valence-electron chi connectivity index (χ2n) is 23.5. The van der Waals surface area contributed by atoms with Gasteiger partial charge in [-0.15, -0.1) is 0 Å². The molecular formula is C70H133NO5. The van der Waals surface area contributed by atoms with Crippen LogP contribution in [0.1, 0.15) is 373 Å². The number of carbonyl (C=O) groups excluding carboxylic acids is 2. The van der Waals surface area contributed by atoms with Gasteiger partial charge < -0.3 is 20.3 Å². The first kappa shape index (κ1) is 74.1. The van der Waals surface area contributed by atoms with Gasteiger partial charge in [0.1, 0.15) is 0 Å². The van der Waals surface area contributed by atoms with Gasteiger partial charge in [-0.25, -0.2) is 0 Å². The molecule has 0 aliphatic carbocycles. The molecule has 0 aliphatic rings. The van der Waals surface area contributed by atoms with Gasteiger partial charge in [-0.05, 0) is 83.5 Å². The highest BCUT2D eigenvalue weighted by molar-refractivity contribution is 5.76. The maximum absolute atomic E-state index is 12.5. The zero-order valence-electron chi connectivity index (χ0n) is 51.3. The average Bonchev–Trinajstić information content (AvgIpc) is 3.42. The van der Waals surface area contributed by atoms with E-state index in [9.17, 15) is 19.8 Å². The first-order valence-corrected chi connectivity index (χ1v) is 34.2. The Morgan fingerprint density at radius 3 is 1.03 bits per heavy atom. The van der Waals surface area contributed by atoms with Crippen LogP contribution in [0.2, 0.25) is 0 Å². The summed E-state index contributed by atoms with van der Waals surface area (Å²) in [5, 5.41) is 23.4. The van der Waals surface area contributed by atoms with Crippen molar-refractivity contribution in [2.24, 2.45) is 0 Å². The van der Waals surface area contributed by atoms with E-state index in [4.69, 9.17) is 4.74 Å². The predicted molar refractivity (Wildman–Crippen MR) is 333 cm³/mol. The Balaban J connectivity index is 3.42. The van der Waals surface area contributed by atoms with Gasteiger partial charge in [0.05, 0.1) is 25.4 Å². The van der Waals surface area contributed by atoms with Crippen LogP contribution in [0.15, 0.2) is 36.5 Å². The van der Waals surface area contributed by atoms with E-state index < -0.39 is 12.1 Å². The van der Waals surface area contributed by atoms with Crippen LogP contribution < -0.4 is 5.32 Å². The molecule has 0 aromatic rings. The molecule has 0 spiro atoms. The lowest BCUT2D eigenvalue weighted by molar-refractivity contribution is -0.143. The molecule has 0 radical (unpaired) electrons. The monoisotopic (exact) mass is 1070 g/mol. The predicted octanol–water partition coefficient (Wildman–Crippen LogP) is 21.9. The molecule has 0 aromatic carbocycles. The molecule has 76 heavy (non-hydrogen) atoms. The van der Waals surface area contributed by atoms with Gasteiger partial charge in [0.25, 0.3) is 0 Å². The zero-order valence-corrected chi connectivity index (χ0v) is 51.3. The van der Waals surface area contributed by atoms with Crippen molar-refractivity contribution in [3.63, 3.8) is 0 Å². The molecule has 0 saturated carbocycles. The Bertz CT molecular complexity index is 1230. The van der Waals surface area contributed by atoms with Crippen molar-refractivity contribution in [2.45, 2.75) is 386 Å². The van der Waals surface area contributed by atoms with Crippen molar-refractivity contribution in [3.8, 4) is 0 Å². The number of allylic oxidation sites excluding steroid dienone is 6. The van der Waals surface area contributed by atoms with Crippen LogP contribution in [0.3, 0.4) is 0 Å². The maximum atomic E-state index is 12.5. The highest BCUT2D eigenvalue weighted by Crippen LogP contribution is 2.18. The van der Waals surface area contributed by atoms with Crippen LogP contribution in [0.4, 0.5) is 0 Å². The lowest BCUT2D eigenvalue weighted by Crippen LogP contribution is -2.45. The van der Waals surface area contributed by atoms with E-state index >= 15 is 0 Å². The van der Waals surface area contributed by atoms with E-state index in [-0.39, 0.29) is 18.5 Å². The number of esters is 1. The van der Waals surface area contributed by atoms with Crippen molar-refractivity contribution in [3.05, 3.63) is 36.5 Å². The highest BCUT2D eigenvalue weighted by atomic mass is 16.5. The molecule has 0 saturated heterocycles. The largest absolute Gasteiger partial charge is 0.466 e. The molecule has 2 atom stereocenters. The minimum absolute atomic E-state index is 0.00146. The van der Waals surface area contributed by atoms with Crippen molar-refractivity contribution in [1.29, 1.82) is 0 Å². The summed E-state index contributed by atoms with van der Waals surface area (Å²) in [6.07, 6.45) is 83.2. The maximum Gasteiger partial charge on any atom is 0.305 e. The molecule has 6 nitrogen and oxygen atoms in total. The third-order valence-electron chi connectivity index (χ3n) is 15.9. The SMILES string of the molecule is CCCCCC/C=C\C/C=C\CCCCCCCC(=O)OCCCCCCCCCCCCCC/C=C\CCCCCCCCCC(=O)NC(CO)C(O)CCCCCCCCCCCCCCCCCCCCCC. The van der Waals surface area contributed by atoms with Crippen LogP contribution in [0, 0.1) is 0 Å². The van der Waals surface area contributed by atoms with E-state index in [1.807, 2.05) is 0 Å². The third kappa shape index (κ3) is 61.3. The summed E-state index contributed by atoms with van der Waals surface area (Å²) in [7, 11) is 0. The molecule has 0 rings (SSSR count). The number of unbranched alkanes of at least 4 members (excludes halogenated alkanes) is 47. The van der Waals surface area contributed by atoms with Gasteiger partial charge >= 0.3 is 5.97 Å². The molecule has 2 unspecified atom stereocenters. The third-order valence-corrected chi connectivity index (χ3v) is 15.9. The van der Waals surface area contributed by atoms with Gasteiger partial charge in [0.2, 0.25) is 5.91 Å². The Hall–Kier alpha value is -1.92. The Morgan fingerprint density at radius 2 is 0.658 bits per heavy atom. The molecule has 0 bridgehead atoms. The number of ether oxygens (including phenoxy) is 1. The number of carbonyl (C=O) groups is 2. The average molecular weight is 1070 g/mol. The zero-order chi connectivity index (χ0) is 55.0. The van der Waals surface area contributed by atoms with Crippen LogP contribution in [0.25, 0.3) is 0 Å². The normalized spacial score (nSPS) is 12.7. The minimum atomic E-state index is -0.670. The van der Waals surface area contributed by atoms with Crippen LogP contribution in [-0.2, 0) is 14.3 Å². The van der Waals surface area contributed by atoms with Crippen LogP contribution in [-0.4, -0.2) is 47.4 Å². The number of aliphatic hydroxyl groups excluding tert-OH is 2. The number of rotatable bonds is 64. The first-order valence-electron chi connectivity index (χ1n) is 34.2. The molecule has 0 aromatic heterocycles. The summed E-state index contributed by atoms with van der Waals surface area (Å²) < 4.78 is 5.49. The van der Waals surface area contributed by atoms with E-state index in [2.05, 4.69) is 55.6 Å². The van der Waals surface area contributed by atoms with Gasteiger partial charge in [0.15, 0.2) is 0 Å². The minimum Gasteiger partial charge on any atom is -0.466 e. The standard InChI is InChI=1S/C70H133NO5/c1-3-5-7-9-11-13-15-17-19-21-22-28-31-34-38-42-46-50-54-58-62-68(73)67(66-72)71-69(74)63-59-55-51-47-43-39-35-32-29-26-24-23-25-27-30-33-37-41-45-49-53-57-61-65-76-70(75)64-60-56-52-48-44-40-36-20-18-16-14-12-10-8-6-4-2/h14,16,20,26,29,36,67-68,72-73H,3-13,15,17-19,21-25,27-28,30-35,37-66H2,1-2H3,(H,71,74)/b16-14-,29-26-,36-20-. The smallest absolute Gasteiger partial charge is 0.305 e. The summed E-state index contributed by atoms with van der Waals surface area (Å²) in [5.74, 6) is -0.0396. The molecule has 3 N–H and O–H groups in total. The number of hydrogen-bond donors (Lipinski definition) is 3. The van der Waals surface area contributed by atoms with Crippen LogP contribution in [0.5, 0.6) is 0 Å². The second-order valence-corrected chi connectivity index (χ2v) is 23.5. The fourth-order valence-corrected chi connectivity index (χ4v) is 10.7. The molecule has 0 fully saturated rings. The lowest BCUT2D eigenvalue weighted by Gasteiger charge is -2.22. The fourth-order valence-electron chi connectivity index (χ4n) is 10.7. The lowest BCUT2D eigenvalue weighted by atomic mass is 10.0. The second kappa shape index (κ2) is 65.6. The Kier molecular flexibility index (Phi) is 63.9. The summed E-state index contributed by atoms with van der Waals surface area (Å²) in [6, 6.07) is -0.547. The quantitative estimate of drug-likeness (QED) is 0.0320. The van der Waals surface area contributed by atoms with E-state index in [1.54, 1.807) is 0 Å². The number of aliphatic hydroxyl groups is 2. The first-order chi connectivity index (χ1) is 37.5. The van der Waals surface area contributed by atoms with Gasteiger partial charge in [-0.2, -0.15) is 0 Å². The summed E-state index contributed by atoms with van der Waals surface area (Å²) >= 11 is 0. The molecule has 0 heterocycles. The highest BCUT2D eigenvalue weighted by Gasteiger charge is 2.20. The topological polar surface area (TPSA) is 95.9 Å². The van der Waals surface area contributed by atoms with Gasteiger partial charge in [0, 0.05) is 12.8 Å². The molecule has 0 aliphatic heterocycles. The van der Waals surface area contributed by atoms with Gasteiger partial charge in [-0.1, -0.05) is 314 Å². The summed E-state index contributed by atoms with van der Waals surface area (Å²) in [6.45, 7) is 4.95. The number of nitrogens with one attached hydrogen (secondary N) is 1. The van der Waals surface area contributed by atoms with E-state index in [0.717, 1.165) is 51.4 Å². The van der Waals surface area contributed by atoms with Gasteiger partial charge in [-0.3, -0.25) is 9.59 Å². The fraction of sp³-hybridized carbons (Fsp3) is 0.886. The van der Waals surface area contributed by atoms with Crippen LogP contribution >= 0.6 is 0 Å². The van der Waals surface area contributed by atoms with Crippen molar-refractivity contribution in [1.82, 2.24) is 5.32 Å². The molecular weight excluding hydrogens is 935 g/mol. The Morgan fingerprint density at radius 1 is 0.368 bits per heavy atom. The number of amides is 1. The molecule has 448 valence electrons. The Labute approximate surface area is 474 Å². The molecule has 6 heteroatoms. The number of hydrogen-bond acceptors (Lipinski definition) is 5. The molecule has 1 amide bonds. The van der Waals surface area contributed by atoms with E-state index in [0.29, 0.717) is 25.9 Å². The van der Waals surface area contributed by atoms with Crippen molar-refractivity contribution < 1.29 is 24.5 Å². The van der Waals surface area contributed by atoms with Crippen molar-refractivity contribution >= 4 is 11.9 Å².